The highest BCUT2D eigenvalue weighted by Gasteiger charge is 2.27. The maximum atomic E-state index is 13.1. The van der Waals surface area contributed by atoms with Crippen molar-refractivity contribution in [1.29, 1.82) is 0 Å². The molecule has 0 saturated carbocycles. The Hall–Kier alpha value is -2.42. The Labute approximate surface area is 177 Å². The van der Waals surface area contributed by atoms with Crippen LogP contribution in [0, 0.1) is 0 Å². The summed E-state index contributed by atoms with van der Waals surface area (Å²) in [4.78, 5) is 15.5. The molecule has 0 aliphatic heterocycles. The van der Waals surface area contributed by atoms with E-state index in [9.17, 15) is 13.2 Å². The molecule has 1 heterocycles. The van der Waals surface area contributed by atoms with E-state index in [1.807, 2.05) is 14.0 Å². The molecule has 4 rings (SSSR count). The van der Waals surface area contributed by atoms with Crippen LogP contribution in [0.4, 0.5) is 0 Å². The molecule has 0 bridgehead atoms. The van der Waals surface area contributed by atoms with Crippen LogP contribution < -0.4 is 5.69 Å². The molecule has 1 aliphatic carbocycles. The van der Waals surface area contributed by atoms with Crippen molar-refractivity contribution in [3.05, 3.63) is 64.1 Å². The fourth-order valence-electron chi connectivity index (χ4n) is 4.43. The summed E-state index contributed by atoms with van der Waals surface area (Å²) in [5.41, 5.74) is 3.94. The lowest BCUT2D eigenvalue weighted by molar-refractivity contribution is 0.193. The minimum absolute atomic E-state index is 0.120. The van der Waals surface area contributed by atoms with Crippen molar-refractivity contribution >= 4 is 21.1 Å². The first-order valence-electron chi connectivity index (χ1n) is 10.2. The zero-order valence-corrected chi connectivity index (χ0v) is 18.7. The summed E-state index contributed by atoms with van der Waals surface area (Å²) >= 11 is 0. The maximum absolute atomic E-state index is 13.1. The minimum atomic E-state index is -3.58. The van der Waals surface area contributed by atoms with Gasteiger partial charge in [-0.2, -0.15) is 0 Å². The van der Waals surface area contributed by atoms with Gasteiger partial charge in [0.15, 0.2) is 0 Å². The predicted octanol–water partition coefficient (Wildman–Crippen LogP) is 2.65. The Morgan fingerprint density at radius 2 is 1.77 bits per heavy atom. The van der Waals surface area contributed by atoms with Crippen LogP contribution in [0.3, 0.4) is 0 Å². The van der Waals surface area contributed by atoms with Gasteiger partial charge < -0.3 is 0 Å². The molecule has 0 fully saturated rings. The second kappa shape index (κ2) is 7.68. The average molecular weight is 429 g/mol. The Bertz CT molecular complexity index is 1260. The first-order chi connectivity index (χ1) is 14.3. The van der Waals surface area contributed by atoms with Crippen molar-refractivity contribution in [2.75, 3.05) is 21.1 Å². The standard InChI is InChI=1S/C22H28N4O3S/c1-5-25-20-13-11-17(30(28,29)23(2)3)14-21(20)26(22(25)27)15-24(4)19-12-10-16-8-6-7-9-18(16)19/h6-9,11,13-14,19H,5,10,12,15H2,1-4H3/t19-/m1/s1. The first-order valence-corrected chi connectivity index (χ1v) is 11.6. The number of hydrogen-bond donors (Lipinski definition) is 0. The van der Waals surface area contributed by atoms with E-state index in [1.165, 1.54) is 29.5 Å². The van der Waals surface area contributed by atoms with E-state index in [2.05, 4.69) is 29.2 Å². The lowest BCUT2D eigenvalue weighted by Gasteiger charge is -2.25. The molecule has 1 aliphatic rings. The van der Waals surface area contributed by atoms with Crippen LogP contribution in [-0.4, -0.2) is 47.9 Å². The lowest BCUT2D eigenvalue weighted by Crippen LogP contribution is -2.32. The van der Waals surface area contributed by atoms with Crippen LogP contribution in [0.25, 0.3) is 11.0 Å². The zero-order chi connectivity index (χ0) is 21.6. The molecule has 0 saturated heterocycles. The van der Waals surface area contributed by atoms with Gasteiger partial charge in [0, 0.05) is 26.7 Å². The van der Waals surface area contributed by atoms with Crippen LogP contribution in [0.2, 0.25) is 0 Å². The summed E-state index contributed by atoms with van der Waals surface area (Å²) in [6, 6.07) is 13.6. The van der Waals surface area contributed by atoms with Crippen molar-refractivity contribution in [2.24, 2.45) is 0 Å². The molecule has 0 amide bonds. The van der Waals surface area contributed by atoms with Crippen molar-refractivity contribution in [3.63, 3.8) is 0 Å². The van der Waals surface area contributed by atoms with Gasteiger partial charge >= 0.3 is 5.69 Å². The van der Waals surface area contributed by atoms with Crippen LogP contribution in [0.5, 0.6) is 0 Å². The maximum Gasteiger partial charge on any atom is 0.330 e. The molecular weight excluding hydrogens is 400 g/mol. The number of hydrogen-bond acceptors (Lipinski definition) is 4. The van der Waals surface area contributed by atoms with Crippen molar-refractivity contribution < 1.29 is 8.42 Å². The molecule has 160 valence electrons. The first kappa shape index (κ1) is 20.8. The van der Waals surface area contributed by atoms with E-state index >= 15 is 0 Å². The van der Waals surface area contributed by atoms with E-state index in [0.717, 1.165) is 18.4 Å². The van der Waals surface area contributed by atoms with Gasteiger partial charge in [-0.05, 0) is 56.1 Å². The topological polar surface area (TPSA) is 67.5 Å². The Morgan fingerprint density at radius 1 is 1.03 bits per heavy atom. The molecule has 0 radical (unpaired) electrons. The summed E-state index contributed by atoms with van der Waals surface area (Å²) in [5, 5.41) is 0. The summed E-state index contributed by atoms with van der Waals surface area (Å²) in [7, 11) is 1.46. The highest BCUT2D eigenvalue weighted by atomic mass is 32.2. The number of aryl methyl sites for hydroxylation is 2. The normalized spacial score (nSPS) is 16.7. The molecule has 0 spiro atoms. The van der Waals surface area contributed by atoms with Crippen molar-refractivity contribution in [3.8, 4) is 0 Å². The largest absolute Gasteiger partial charge is 0.330 e. The quantitative estimate of drug-likeness (QED) is 0.605. The average Bonchev–Trinajstić information content (AvgIpc) is 3.26. The second-order valence-electron chi connectivity index (χ2n) is 8.04. The molecule has 3 aromatic rings. The fraction of sp³-hybridized carbons (Fsp3) is 0.409. The number of sulfonamides is 1. The van der Waals surface area contributed by atoms with Crippen LogP contribution >= 0.6 is 0 Å². The van der Waals surface area contributed by atoms with Crippen molar-refractivity contribution in [2.45, 2.75) is 43.9 Å². The number of benzene rings is 2. The monoisotopic (exact) mass is 428 g/mol. The van der Waals surface area contributed by atoms with Gasteiger partial charge in [-0.1, -0.05) is 24.3 Å². The second-order valence-corrected chi connectivity index (χ2v) is 10.2. The molecule has 2 aromatic carbocycles. The van der Waals surface area contributed by atoms with Gasteiger partial charge in [-0.15, -0.1) is 0 Å². The molecular formula is C22H28N4O3S. The Morgan fingerprint density at radius 3 is 2.47 bits per heavy atom. The minimum Gasteiger partial charge on any atom is -0.292 e. The Balaban J connectivity index is 1.78. The molecule has 0 N–H and O–H groups in total. The number of rotatable bonds is 6. The van der Waals surface area contributed by atoms with Crippen LogP contribution in [0.15, 0.2) is 52.2 Å². The third-order valence-corrected chi connectivity index (χ3v) is 7.89. The fourth-order valence-corrected chi connectivity index (χ4v) is 5.35. The van der Waals surface area contributed by atoms with Crippen LogP contribution in [0.1, 0.15) is 30.5 Å². The van der Waals surface area contributed by atoms with Crippen molar-refractivity contribution in [1.82, 2.24) is 18.3 Å². The summed E-state index contributed by atoms with van der Waals surface area (Å²) < 4.78 is 29.8. The third kappa shape index (κ3) is 3.29. The summed E-state index contributed by atoms with van der Waals surface area (Å²) in [6.07, 6.45) is 2.04. The SMILES string of the molecule is CCn1c(=O)n(CN(C)[C@@H]2CCc3ccccc32)c2cc(S(=O)(=O)N(C)C)ccc21. The number of fused-ring (bicyclic) bond motifs is 2. The smallest absolute Gasteiger partial charge is 0.292 e. The van der Waals surface area contributed by atoms with Gasteiger partial charge in [-0.3, -0.25) is 14.0 Å². The van der Waals surface area contributed by atoms with Gasteiger partial charge in [0.1, 0.15) is 0 Å². The van der Waals surface area contributed by atoms with E-state index in [-0.39, 0.29) is 16.6 Å². The summed E-state index contributed by atoms with van der Waals surface area (Å²) in [5.74, 6) is 0. The van der Waals surface area contributed by atoms with E-state index < -0.39 is 10.0 Å². The molecule has 1 atom stereocenters. The van der Waals surface area contributed by atoms with E-state index in [1.54, 1.807) is 27.3 Å². The predicted molar refractivity (Wildman–Crippen MR) is 118 cm³/mol. The highest BCUT2D eigenvalue weighted by Crippen LogP contribution is 2.35. The van der Waals surface area contributed by atoms with E-state index in [0.29, 0.717) is 18.7 Å². The van der Waals surface area contributed by atoms with Crippen LogP contribution in [-0.2, 0) is 29.7 Å². The number of nitrogens with zero attached hydrogens (tertiary/aromatic N) is 4. The lowest BCUT2D eigenvalue weighted by atomic mass is 10.1. The van der Waals surface area contributed by atoms with Gasteiger partial charge in [-0.25, -0.2) is 17.5 Å². The number of aromatic nitrogens is 2. The molecule has 0 unspecified atom stereocenters. The van der Waals surface area contributed by atoms with Gasteiger partial charge in [0.25, 0.3) is 0 Å². The van der Waals surface area contributed by atoms with Gasteiger partial charge in [0.2, 0.25) is 10.0 Å². The van der Waals surface area contributed by atoms with Gasteiger partial charge in [0.05, 0.1) is 22.6 Å². The van der Waals surface area contributed by atoms with E-state index in [4.69, 9.17) is 0 Å². The molecule has 30 heavy (non-hydrogen) atoms. The highest BCUT2D eigenvalue weighted by molar-refractivity contribution is 7.89. The number of imidazole rings is 1. The summed E-state index contributed by atoms with van der Waals surface area (Å²) in [6.45, 7) is 2.84. The zero-order valence-electron chi connectivity index (χ0n) is 17.9. The Kier molecular flexibility index (Phi) is 5.34. The molecule has 1 aromatic heterocycles. The molecule has 8 heteroatoms. The third-order valence-electron chi connectivity index (χ3n) is 6.08. The molecule has 7 nitrogen and oxygen atoms in total.